The van der Waals surface area contributed by atoms with Crippen molar-refractivity contribution in [2.75, 3.05) is 26.3 Å². The third-order valence-corrected chi connectivity index (χ3v) is 7.86. The van der Waals surface area contributed by atoms with Crippen LogP contribution in [0.3, 0.4) is 0 Å². The molecule has 0 amide bonds. The van der Waals surface area contributed by atoms with Crippen LogP contribution in [0.5, 0.6) is 0 Å². The van der Waals surface area contributed by atoms with Crippen molar-refractivity contribution in [1.82, 2.24) is 14.7 Å². The highest BCUT2D eigenvalue weighted by atomic mass is 32.2. The van der Waals surface area contributed by atoms with E-state index in [-0.39, 0.29) is 43.3 Å². The summed E-state index contributed by atoms with van der Waals surface area (Å²) in [5.74, 6) is 0.359. The normalized spacial score (nSPS) is 15.0. The largest absolute Gasteiger partial charge is 0.341 e. The van der Waals surface area contributed by atoms with E-state index in [0.717, 1.165) is 6.07 Å². The summed E-state index contributed by atoms with van der Waals surface area (Å²) in [6.45, 7) is -0.00995. The third-order valence-electron chi connectivity index (χ3n) is 5.23. The predicted octanol–water partition coefficient (Wildman–Crippen LogP) is -0.757. The zero-order valence-electron chi connectivity index (χ0n) is 18.3. The van der Waals surface area contributed by atoms with E-state index in [2.05, 4.69) is 29.9 Å². The van der Waals surface area contributed by atoms with Crippen molar-refractivity contribution in [3.05, 3.63) is 41.7 Å². The number of aromatic nitrogens is 2. The van der Waals surface area contributed by atoms with Crippen molar-refractivity contribution >= 4 is 36.9 Å². The lowest BCUT2D eigenvalue weighted by Gasteiger charge is -2.17. The van der Waals surface area contributed by atoms with Crippen LogP contribution in [-0.2, 0) is 20.0 Å². The summed E-state index contributed by atoms with van der Waals surface area (Å²) in [6.07, 6.45) is 0. The number of primary sulfonamides is 1. The molecule has 1 aliphatic rings. The smallest absolute Gasteiger partial charge is 0.241 e. The predicted molar refractivity (Wildman–Crippen MR) is 129 cm³/mol. The molecule has 0 aliphatic carbocycles. The van der Waals surface area contributed by atoms with E-state index in [1.165, 1.54) is 6.07 Å². The quantitative estimate of drug-likeness (QED) is 0.209. The number of benzene rings is 2. The lowest BCUT2D eigenvalue weighted by Crippen LogP contribution is -2.31. The minimum absolute atomic E-state index is 0.00419. The summed E-state index contributed by atoms with van der Waals surface area (Å²) in [5, 5.41) is 13.3. The van der Waals surface area contributed by atoms with Gasteiger partial charge in [-0.1, -0.05) is 18.2 Å². The van der Waals surface area contributed by atoms with Gasteiger partial charge in [-0.25, -0.2) is 36.7 Å². The van der Waals surface area contributed by atoms with Gasteiger partial charge in [0.05, 0.1) is 22.6 Å². The fourth-order valence-corrected chi connectivity index (χ4v) is 6.34. The number of para-hydroxylation sites is 1. The van der Waals surface area contributed by atoms with E-state index in [1.54, 1.807) is 18.2 Å². The summed E-state index contributed by atoms with van der Waals surface area (Å²) in [4.78, 5) is 10.6. The molecule has 10 N–H and O–H groups in total. The molecule has 3 aromatic rings. The number of nitrogens with zero attached hydrogens (tertiary/aromatic N) is 4. The minimum atomic E-state index is -4.60. The van der Waals surface area contributed by atoms with Gasteiger partial charge in [0.15, 0.2) is 12.5 Å². The fourth-order valence-electron chi connectivity index (χ4n) is 3.69. The Morgan fingerprint density at radius 2 is 1.86 bits per heavy atom. The van der Waals surface area contributed by atoms with Gasteiger partial charge >= 0.3 is 0 Å². The van der Waals surface area contributed by atoms with Crippen LogP contribution in [0.1, 0.15) is 17.4 Å². The van der Waals surface area contributed by atoms with E-state index >= 15 is 0 Å². The molecule has 186 valence electrons. The Kier molecular flexibility index (Phi) is 6.78. The van der Waals surface area contributed by atoms with Crippen LogP contribution in [-0.4, -0.2) is 58.9 Å². The Bertz CT molecular complexity index is 1560. The number of nitrogens with one attached hydrogen (secondary N) is 2. The average molecular weight is 521 g/mol. The lowest BCUT2D eigenvalue weighted by molar-refractivity contribution is 0.573. The van der Waals surface area contributed by atoms with Crippen LogP contribution in [0.25, 0.3) is 22.2 Å². The molecule has 1 aliphatic heterocycles. The minimum Gasteiger partial charge on any atom is -0.341 e. The van der Waals surface area contributed by atoms with Gasteiger partial charge in [0.2, 0.25) is 20.0 Å². The van der Waals surface area contributed by atoms with Crippen LogP contribution in [0.15, 0.2) is 55.3 Å². The maximum Gasteiger partial charge on any atom is 0.241 e. The number of azo groups is 1. The molecule has 4 rings (SSSR count). The summed E-state index contributed by atoms with van der Waals surface area (Å²) in [5.41, 5.74) is 18.8. The first kappa shape index (κ1) is 25.0. The average Bonchev–Trinajstić information content (AvgIpc) is 3.50. The van der Waals surface area contributed by atoms with Crippen molar-refractivity contribution in [1.29, 1.82) is 0 Å². The zero-order chi connectivity index (χ0) is 25.4. The highest BCUT2D eigenvalue weighted by Crippen LogP contribution is 2.37. The fraction of sp³-hybridized carbons (Fsp3) is 0.263. The Morgan fingerprint density at radius 3 is 2.49 bits per heavy atom. The molecule has 2 aromatic carbocycles. The lowest BCUT2D eigenvalue weighted by atomic mass is 9.97. The Hall–Kier alpha value is -3.12. The molecular weight excluding hydrogens is 496 g/mol. The van der Waals surface area contributed by atoms with Crippen molar-refractivity contribution < 1.29 is 16.8 Å². The number of rotatable bonds is 9. The Balaban J connectivity index is 2.08. The number of amidine groups is 1. The van der Waals surface area contributed by atoms with Crippen LogP contribution in [0, 0.1) is 0 Å². The standard InChI is InChI=1S/C19H24N10O4S2/c20-6-7-26-35(32,33)14-5-4-10(15(17(14)34(23,30)31)19-24-9-25-29-19)11-2-1-3-13-16(11)28-18(27-13)12(22)8-21/h1-5,12,26H,6-9,20-22H2,(H,27,28)(H2,23,30,31)/t12-/m0/s1. The SMILES string of the molecule is NCCNS(=O)(=O)c1ccc(-c2cccc3[nH]c([C@@H](N)CN)nc23)c(C2=NCN=N2)c1S(N)(=O)=O. The number of aromatic amines is 1. The molecule has 0 bridgehead atoms. The molecule has 2 heterocycles. The number of sulfonamides is 2. The molecule has 0 fully saturated rings. The Labute approximate surface area is 201 Å². The molecule has 0 radical (unpaired) electrons. The van der Waals surface area contributed by atoms with Gasteiger partial charge in [0, 0.05) is 25.2 Å². The molecule has 16 heteroatoms. The molecule has 1 aromatic heterocycles. The number of hydrogen-bond acceptors (Lipinski definition) is 11. The van der Waals surface area contributed by atoms with Crippen LogP contribution in [0.2, 0.25) is 0 Å². The first-order chi connectivity index (χ1) is 16.6. The highest BCUT2D eigenvalue weighted by molar-refractivity contribution is 7.92. The molecule has 1 atom stereocenters. The number of fused-ring (bicyclic) bond motifs is 1. The molecule has 0 spiro atoms. The maximum atomic E-state index is 13.0. The van der Waals surface area contributed by atoms with E-state index < -0.39 is 35.9 Å². The number of hydrogen-bond donors (Lipinski definition) is 6. The van der Waals surface area contributed by atoms with Crippen LogP contribution in [0.4, 0.5) is 0 Å². The van der Waals surface area contributed by atoms with E-state index in [4.69, 9.17) is 22.3 Å². The van der Waals surface area contributed by atoms with Gasteiger partial charge in [0.1, 0.15) is 15.6 Å². The summed E-state index contributed by atoms with van der Waals surface area (Å²) < 4.78 is 53.8. The van der Waals surface area contributed by atoms with Crippen molar-refractivity contribution in [2.45, 2.75) is 15.8 Å². The summed E-state index contributed by atoms with van der Waals surface area (Å²) in [7, 11) is -8.91. The molecule has 35 heavy (non-hydrogen) atoms. The third kappa shape index (κ3) is 4.72. The van der Waals surface area contributed by atoms with Gasteiger partial charge < -0.3 is 22.2 Å². The topological polar surface area (TPSA) is 250 Å². The monoisotopic (exact) mass is 520 g/mol. The van der Waals surface area contributed by atoms with E-state index in [1.807, 2.05) is 0 Å². The Morgan fingerprint density at radius 1 is 1.09 bits per heavy atom. The first-order valence-corrected chi connectivity index (χ1v) is 13.4. The second-order valence-corrected chi connectivity index (χ2v) is 10.8. The van der Waals surface area contributed by atoms with Gasteiger partial charge in [0.25, 0.3) is 0 Å². The molecular formula is C19H24N10O4S2. The van der Waals surface area contributed by atoms with Crippen LogP contribution >= 0.6 is 0 Å². The van der Waals surface area contributed by atoms with Crippen molar-refractivity contribution in [3.63, 3.8) is 0 Å². The molecule has 0 saturated heterocycles. The van der Waals surface area contributed by atoms with E-state index in [9.17, 15) is 16.8 Å². The van der Waals surface area contributed by atoms with Crippen LogP contribution < -0.4 is 27.1 Å². The summed E-state index contributed by atoms with van der Waals surface area (Å²) in [6, 6.07) is 7.23. The number of nitrogens with two attached hydrogens (primary N) is 4. The van der Waals surface area contributed by atoms with Crippen molar-refractivity contribution in [3.8, 4) is 11.1 Å². The second kappa shape index (κ2) is 9.50. The maximum absolute atomic E-state index is 13.0. The first-order valence-electron chi connectivity index (χ1n) is 10.3. The van der Waals surface area contributed by atoms with Gasteiger partial charge in [-0.2, -0.15) is 5.11 Å². The second-order valence-electron chi connectivity index (χ2n) is 7.58. The molecule has 0 saturated carbocycles. The number of aliphatic imine (C=N–C) groups is 1. The van der Waals surface area contributed by atoms with Gasteiger partial charge in [-0.05, 0) is 17.7 Å². The highest BCUT2D eigenvalue weighted by Gasteiger charge is 2.33. The molecule has 0 unspecified atom stereocenters. The number of imidazole rings is 1. The van der Waals surface area contributed by atoms with Gasteiger partial charge in [-0.15, -0.1) is 5.11 Å². The van der Waals surface area contributed by atoms with Gasteiger partial charge in [-0.3, -0.25) is 0 Å². The summed E-state index contributed by atoms with van der Waals surface area (Å²) >= 11 is 0. The van der Waals surface area contributed by atoms with Crippen molar-refractivity contribution in [2.24, 2.45) is 37.6 Å². The zero-order valence-corrected chi connectivity index (χ0v) is 20.0. The molecule has 14 nitrogen and oxygen atoms in total. The van der Waals surface area contributed by atoms with E-state index in [0.29, 0.717) is 22.4 Å². The number of H-pyrrole nitrogens is 1.